The smallest absolute Gasteiger partial charge is 0.331 e. The van der Waals surface area contributed by atoms with Gasteiger partial charge in [0.05, 0.1) is 100 Å². The molecule has 0 aliphatic carbocycles. The lowest BCUT2D eigenvalue weighted by Gasteiger charge is -2.34. The van der Waals surface area contributed by atoms with Gasteiger partial charge in [0.1, 0.15) is 51.6 Å². The van der Waals surface area contributed by atoms with Crippen LogP contribution in [-0.4, -0.2) is 200 Å². The zero-order chi connectivity index (χ0) is 91.5. The lowest BCUT2D eigenvalue weighted by atomic mass is 9.87. The van der Waals surface area contributed by atoms with Crippen molar-refractivity contribution in [2.24, 2.45) is 0 Å². The maximum Gasteiger partial charge on any atom is 0.331 e. The second-order valence-corrected chi connectivity index (χ2v) is 42.3. The predicted molar refractivity (Wildman–Crippen MR) is 516 cm³/mol. The van der Waals surface area contributed by atoms with Crippen LogP contribution in [0.1, 0.15) is 161 Å². The van der Waals surface area contributed by atoms with E-state index < -0.39 is 39.7 Å². The molecule has 0 spiro atoms. The summed E-state index contributed by atoms with van der Waals surface area (Å²) < 4.78 is 90.1. The van der Waals surface area contributed by atoms with Crippen LogP contribution in [-0.2, 0) is 33.9 Å². The Kier molecular flexibility index (Phi) is 30.3. The quantitative estimate of drug-likeness (QED) is 0.0186. The minimum atomic E-state index is -3.54. The fourth-order valence-electron chi connectivity index (χ4n) is 16.1. The van der Waals surface area contributed by atoms with Crippen LogP contribution < -0.4 is 56.9 Å². The second kappa shape index (κ2) is 41.2. The molecule has 33 heteroatoms. The Balaban J connectivity index is 0.000000164. The van der Waals surface area contributed by atoms with E-state index in [1.807, 2.05) is 110 Å². The van der Waals surface area contributed by atoms with Crippen molar-refractivity contribution in [3.8, 4) is 17.2 Å². The summed E-state index contributed by atoms with van der Waals surface area (Å²) in [4.78, 5) is 56.1. The molecule has 6 aromatic heterocycles. The number of nitrogens with zero attached hydrogens (tertiary/aromatic N) is 9. The highest BCUT2D eigenvalue weighted by Crippen LogP contribution is 2.43. The molecule has 3 atom stereocenters. The van der Waals surface area contributed by atoms with Crippen LogP contribution in [0.25, 0.3) is 33.1 Å². The lowest BCUT2D eigenvalue weighted by molar-refractivity contribution is 0.128. The largest absolute Gasteiger partial charge is 0.489 e. The average Bonchev–Trinajstić information content (AvgIpc) is 1.30. The van der Waals surface area contributed by atoms with E-state index in [1.165, 1.54) is 16.7 Å². The number of methoxy groups -OCH3 is 1. The number of amides is 2. The minimum Gasteiger partial charge on any atom is -0.489 e. The molecule has 3 aliphatic rings. The molecule has 3 aliphatic heterocycles. The third kappa shape index (κ3) is 22.4. The Labute approximate surface area is 752 Å². The standard InChI is InChI=1S/C33H44N6O4S.C31H40N8O4S.C31H40N6O2S/c1-21(2)43-29-19-26(24-10-9-15-39(20-24)16-17-42-6)23(5)18-28(29)36-33-37-31-25(13-14-34-31)32(38-33)35-27-11-7-8-12-30(27)44(40,41)22(3)4;1-18(2)43-26-16-23(21-12-14-39(34-17-21)31(40)32-6)20(5)15-25(26)36-30-37-28-22(11-13-33-28)29(38-30)35-24-9-7-8-10-27(24)44(41,42)19(3)4;1-20(2)39-27-19-23(22-14-17-37(5)18-15-22)11-12-25(27)34-31-35-29-24(13-16-32-29)30(36-31)33-26-9-7-8-10-28(26)40(6,38)21(3)4/h7-8,11-14,18-19,21-22,24H,9-10,15-17,20H2,1-6H3,(H3,34,35,36,37,38);7-11,13,15-16,18-19,21,34H,12,14,17H2,1-6H3,(H,32,40)(H3,33,35,36,37,38);7-13,16,19-22H,6,14-15,17-18H2,1-5H3,(H3,32,33,34,35,36). The number of aromatic nitrogens is 9. The minimum absolute atomic E-state index is 0.0206. The number of carbonyl (C=O) groups is 1. The summed E-state index contributed by atoms with van der Waals surface area (Å²) in [5.74, 6) is 10.0. The van der Waals surface area contributed by atoms with E-state index in [4.69, 9.17) is 43.9 Å². The fraction of sp³-hybridized carbons (Fsp3) is 0.411. The first-order valence-corrected chi connectivity index (χ1v) is 48.9. The van der Waals surface area contributed by atoms with Crippen molar-refractivity contribution in [1.29, 1.82) is 0 Å². The van der Waals surface area contributed by atoms with Gasteiger partial charge in [-0.15, -0.1) is 0 Å². The van der Waals surface area contributed by atoms with Gasteiger partial charge >= 0.3 is 6.03 Å². The van der Waals surface area contributed by atoms with Gasteiger partial charge in [-0.05, 0) is 278 Å². The number of likely N-dealkylation sites (tertiary alicyclic amines) is 2. The molecule has 3 unspecified atom stereocenters. The van der Waals surface area contributed by atoms with E-state index in [0.717, 1.165) is 122 Å². The van der Waals surface area contributed by atoms with Gasteiger partial charge in [0.15, 0.2) is 19.7 Å². The number of rotatable bonds is 30. The summed E-state index contributed by atoms with van der Waals surface area (Å²) >= 11 is 0. The topological polar surface area (TPSA) is 370 Å². The van der Waals surface area contributed by atoms with Crippen molar-refractivity contribution < 1.29 is 44.8 Å². The van der Waals surface area contributed by atoms with Gasteiger partial charge in [-0.1, -0.05) is 56.3 Å². The Bertz CT molecular complexity index is 6240. The molecule has 0 radical (unpaired) electrons. The molecule has 3 fully saturated rings. The van der Waals surface area contributed by atoms with E-state index in [-0.39, 0.29) is 45.3 Å². The fourth-order valence-corrected chi connectivity index (χ4v) is 19.8. The van der Waals surface area contributed by atoms with Gasteiger partial charge in [0, 0.05) is 79.6 Å². The molecule has 128 heavy (non-hydrogen) atoms. The average molecular weight is 1800 g/mol. The monoisotopic (exact) mass is 1800 g/mol. The molecule has 2 amide bonds. The number of hydrazine groups is 1. The number of urea groups is 1. The van der Waals surface area contributed by atoms with Crippen LogP contribution >= 0.6 is 0 Å². The molecular weight excluding hydrogens is 1680 g/mol. The van der Waals surface area contributed by atoms with Gasteiger partial charge in [-0.25, -0.2) is 27.1 Å². The van der Waals surface area contributed by atoms with E-state index >= 15 is 0 Å². The summed E-state index contributed by atoms with van der Waals surface area (Å²) in [7, 11) is -4.03. The van der Waals surface area contributed by atoms with E-state index in [9.17, 15) is 25.8 Å². The lowest BCUT2D eigenvalue weighted by Crippen LogP contribution is -2.52. The third-order valence-electron chi connectivity index (χ3n) is 23.1. The number of sulfone groups is 2. The first-order chi connectivity index (χ1) is 61.1. The van der Waals surface area contributed by atoms with E-state index in [2.05, 4.69) is 136 Å². The maximum atomic E-state index is 13.5. The summed E-state index contributed by atoms with van der Waals surface area (Å²) in [6.45, 7) is 34.0. The highest BCUT2D eigenvalue weighted by atomic mass is 32.2. The normalized spacial score (nSPS) is 16.0. The second-order valence-electron chi connectivity index (χ2n) is 34.5. The Hall–Kier alpha value is -11.6. The highest BCUT2D eigenvalue weighted by molar-refractivity contribution is 8.01. The molecule has 3 saturated heterocycles. The highest BCUT2D eigenvalue weighted by Gasteiger charge is 2.32. The third-order valence-corrected chi connectivity index (χ3v) is 30.1. The number of fused-ring (bicyclic) bond motifs is 3. The van der Waals surface area contributed by atoms with Crippen LogP contribution in [0.3, 0.4) is 0 Å². The number of aromatic amines is 3. The van der Waals surface area contributed by atoms with Crippen molar-refractivity contribution in [1.82, 2.24) is 70.4 Å². The summed E-state index contributed by atoms with van der Waals surface area (Å²) in [5.41, 5.74) is 15.0. The van der Waals surface area contributed by atoms with Crippen molar-refractivity contribution in [3.05, 3.63) is 180 Å². The van der Waals surface area contributed by atoms with Gasteiger partial charge in [0.2, 0.25) is 17.8 Å². The number of para-hydroxylation sites is 3. The number of benzene rings is 6. The number of hydrogen-bond donors (Lipinski definition) is 11. The number of hydrogen-bond acceptors (Lipinski definition) is 25. The van der Waals surface area contributed by atoms with Crippen molar-refractivity contribution in [2.75, 3.05) is 106 Å². The van der Waals surface area contributed by atoms with Gasteiger partial charge in [-0.2, -0.15) is 29.9 Å². The van der Waals surface area contributed by atoms with Crippen molar-refractivity contribution in [3.63, 3.8) is 0 Å². The molecular formula is C95H124N20O10S3. The summed E-state index contributed by atoms with van der Waals surface area (Å²) in [6.07, 6.45) is 10.7. The number of aryl methyl sites for hydroxylation is 2. The van der Waals surface area contributed by atoms with Crippen molar-refractivity contribution >= 4 is 144 Å². The Morgan fingerprint density at radius 1 is 0.477 bits per heavy atom. The van der Waals surface area contributed by atoms with Crippen LogP contribution in [0.2, 0.25) is 0 Å². The van der Waals surface area contributed by atoms with Gasteiger partial charge < -0.3 is 80.9 Å². The van der Waals surface area contributed by atoms with Gasteiger partial charge in [0.25, 0.3) is 0 Å². The van der Waals surface area contributed by atoms with Crippen LogP contribution in [0.15, 0.2) is 167 Å². The van der Waals surface area contributed by atoms with E-state index in [0.29, 0.717) is 110 Å². The summed E-state index contributed by atoms with van der Waals surface area (Å²) in [6, 6.07) is 41.6. The molecule has 682 valence electrons. The molecule has 6 aromatic carbocycles. The molecule has 12 aromatic rings. The zero-order valence-electron chi connectivity index (χ0n) is 76.4. The number of ether oxygens (including phenoxy) is 4. The van der Waals surface area contributed by atoms with Crippen LogP contribution in [0.4, 0.5) is 74.2 Å². The van der Waals surface area contributed by atoms with Gasteiger partial charge in [-0.3, -0.25) is 9.22 Å². The molecule has 0 saturated carbocycles. The molecule has 15 rings (SSSR count). The molecule has 30 nitrogen and oxygen atoms in total. The van der Waals surface area contributed by atoms with E-state index in [1.54, 1.807) is 108 Å². The predicted octanol–water partition coefficient (Wildman–Crippen LogP) is 18.4. The first kappa shape index (κ1) is 94.0. The SMILES string of the molecule is C=S(=O)(c1ccccc1Nc1nc(Nc2ccc(C3CCN(C)CC3)cc2OC(C)C)nc2[nH]ccc12)C(C)C.CNC(=O)N1CCC(c2cc(OC(C)C)c(Nc3nc(Nc4ccccc4S(=O)(=O)C(C)C)c4cc[nH]c4n3)cc2C)CN1.COCCN1CCCC(c2cc(OC(C)C)c(Nc3nc(Nc4ccccc4S(=O)(=O)C(C)C)c4cc[nH]c4n3)cc2C)C1. The molecule has 11 N–H and O–H groups in total. The maximum absolute atomic E-state index is 13.5. The molecule has 9 heterocycles. The number of nitrogens with one attached hydrogen (secondary N) is 11. The number of anilines is 12. The Morgan fingerprint density at radius 3 is 1.32 bits per heavy atom. The number of carbonyl (C=O) groups excluding carboxylic acids is 1. The van der Waals surface area contributed by atoms with Crippen LogP contribution in [0.5, 0.6) is 17.2 Å². The van der Waals surface area contributed by atoms with Crippen LogP contribution in [0, 0.1) is 13.8 Å². The number of piperidine rings is 2. The van der Waals surface area contributed by atoms with Crippen molar-refractivity contribution in [2.45, 2.75) is 196 Å². The Morgan fingerprint density at radius 2 is 0.898 bits per heavy atom. The summed E-state index contributed by atoms with van der Waals surface area (Å²) in [5, 5.41) is 25.4. The zero-order valence-corrected chi connectivity index (χ0v) is 78.8. The molecule has 0 bridgehead atoms. The number of H-pyrrole nitrogens is 3. The first-order valence-electron chi connectivity index (χ1n) is 44.0.